The maximum absolute atomic E-state index is 11.0. The molecule has 1 heterocycles. The number of hydrogen-bond donors (Lipinski definition) is 0. The Kier molecular flexibility index (Phi) is 2.90. The summed E-state index contributed by atoms with van der Waals surface area (Å²) < 4.78 is 2.15. The molecule has 3 rings (SSSR count). The quantitative estimate of drug-likeness (QED) is 0.365. The summed E-state index contributed by atoms with van der Waals surface area (Å²) in [6, 6.07) is 4.87. The number of nitro groups is 2. The molecule has 0 bridgehead atoms. The molecule has 0 amide bonds. The summed E-state index contributed by atoms with van der Waals surface area (Å²) in [5.41, 5.74) is -0.439. The van der Waals surface area contributed by atoms with Gasteiger partial charge < -0.3 is 0 Å². The van der Waals surface area contributed by atoms with E-state index in [2.05, 4.69) is 4.31 Å². The number of rotatable bonds is 4. The van der Waals surface area contributed by atoms with Gasteiger partial charge in [0.25, 0.3) is 11.4 Å². The van der Waals surface area contributed by atoms with Gasteiger partial charge in [-0.25, -0.2) is 4.31 Å². The van der Waals surface area contributed by atoms with Gasteiger partial charge in [-0.15, -0.1) is 0 Å². The Morgan fingerprint density at radius 3 is 2.42 bits per heavy atom. The minimum atomic E-state index is -0.617. The third-order valence-electron chi connectivity index (χ3n) is 3.56. The van der Waals surface area contributed by atoms with Gasteiger partial charge in [0.1, 0.15) is 4.90 Å². The highest BCUT2D eigenvalue weighted by Gasteiger charge is 2.51. The molecule has 1 aliphatic carbocycles. The van der Waals surface area contributed by atoms with E-state index < -0.39 is 9.85 Å². The first kappa shape index (κ1) is 12.4. The first-order chi connectivity index (χ1) is 9.08. The van der Waals surface area contributed by atoms with E-state index in [1.165, 1.54) is 30.5 Å². The van der Waals surface area contributed by atoms with Crippen LogP contribution < -0.4 is 0 Å². The van der Waals surface area contributed by atoms with Crippen molar-refractivity contribution in [3.63, 3.8) is 0 Å². The van der Waals surface area contributed by atoms with Gasteiger partial charge in [-0.3, -0.25) is 20.2 Å². The van der Waals surface area contributed by atoms with Crippen molar-refractivity contribution in [1.82, 2.24) is 4.31 Å². The van der Waals surface area contributed by atoms with Crippen molar-refractivity contribution in [2.24, 2.45) is 0 Å². The zero-order chi connectivity index (χ0) is 13.6. The van der Waals surface area contributed by atoms with Crippen LogP contribution in [0.2, 0.25) is 0 Å². The van der Waals surface area contributed by atoms with E-state index in [1.54, 1.807) is 0 Å². The second-order valence-corrected chi connectivity index (χ2v) is 5.73. The first-order valence-corrected chi connectivity index (χ1v) is 6.74. The standard InChI is InChI=1S/C11H11N3O4S/c15-13(16)7-4-5-11(10(6-7)14(17)18)19-12-8-2-1-3-9(8)12/h4-6,8-9H,1-3H2. The molecule has 0 spiro atoms. The van der Waals surface area contributed by atoms with Gasteiger partial charge in [-0.1, -0.05) is 6.42 Å². The molecule has 1 aromatic rings. The molecule has 100 valence electrons. The molecule has 1 saturated heterocycles. The molecule has 2 unspecified atom stereocenters. The minimum Gasteiger partial charge on any atom is -0.258 e. The minimum absolute atomic E-state index is 0.191. The number of nitrogens with zero attached hydrogens (tertiary/aromatic N) is 3. The van der Waals surface area contributed by atoms with E-state index in [1.807, 2.05) is 0 Å². The van der Waals surface area contributed by atoms with Crippen molar-refractivity contribution < 1.29 is 9.85 Å². The van der Waals surface area contributed by atoms with E-state index in [9.17, 15) is 20.2 Å². The third kappa shape index (κ3) is 2.17. The summed E-state index contributed by atoms with van der Waals surface area (Å²) in [5.74, 6) is 0. The molecule has 2 aliphatic rings. The number of nitro benzene ring substituents is 2. The van der Waals surface area contributed by atoms with Crippen LogP contribution in [0.3, 0.4) is 0 Å². The average Bonchev–Trinajstić information content (AvgIpc) is 2.82. The SMILES string of the molecule is O=[N+]([O-])c1ccc(SN2C3CCCC32)c([N+](=O)[O-])c1. The van der Waals surface area contributed by atoms with Crippen LogP contribution in [0.25, 0.3) is 0 Å². The second kappa shape index (κ2) is 4.46. The number of piperidine rings is 1. The van der Waals surface area contributed by atoms with Gasteiger partial charge in [0.15, 0.2) is 0 Å². The summed E-state index contributed by atoms with van der Waals surface area (Å²) in [6.45, 7) is 0. The van der Waals surface area contributed by atoms with Gasteiger partial charge in [0.05, 0.1) is 15.9 Å². The first-order valence-electron chi connectivity index (χ1n) is 5.97. The van der Waals surface area contributed by atoms with Crippen LogP contribution in [-0.4, -0.2) is 26.2 Å². The molecular weight excluding hydrogens is 270 g/mol. The average molecular weight is 281 g/mol. The van der Waals surface area contributed by atoms with Crippen LogP contribution in [0.1, 0.15) is 19.3 Å². The maximum atomic E-state index is 11.0. The Morgan fingerprint density at radius 1 is 1.16 bits per heavy atom. The predicted octanol–water partition coefficient (Wildman–Crippen LogP) is 2.75. The highest BCUT2D eigenvalue weighted by Crippen LogP contribution is 2.51. The van der Waals surface area contributed by atoms with Crippen LogP contribution in [0, 0.1) is 20.2 Å². The summed E-state index contributed by atoms with van der Waals surface area (Å²) in [4.78, 5) is 20.9. The van der Waals surface area contributed by atoms with Gasteiger partial charge in [0, 0.05) is 18.2 Å². The normalized spacial score (nSPS) is 27.9. The molecule has 0 N–H and O–H groups in total. The van der Waals surface area contributed by atoms with Crippen LogP contribution in [0.5, 0.6) is 0 Å². The Bertz CT molecular complexity index is 555. The van der Waals surface area contributed by atoms with E-state index in [0.717, 1.165) is 18.9 Å². The molecule has 1 saturated carbocycles. The second-order valence-electron chi connectivity index (χ2n) is 4.68. The summed E-state index contributed by atoms with van der Waals surface area (Å²) in [7, 11) is 0. The third-order valence-corrected chi connectivity index (χ3v) is 4.86. The van der Waals surface area contributed by atoms with E-state index >= 15 is 0 Å². The van der Waals surface area contributed by atoms with Crippen molar-refractivity contribution in [2.45, 2.75) is 36.2 Å². The zero-order valence-corrected chi connectivity index (χ0v) is 10.7. The highest BCUT2D eigenvalue weighted by molar-refractivity contribution is 7.97. The van der Waals surface area contributed by atoms with Gasteiger partial charge in [-0.05, 0) is 30.9 Å². The summed E-state index contributed by atoms with van der Waals surface area (Å²) >= 11 is 1.35. The predicted molar refractivity (Wildman–Crippen MR) is 68.9 cm³/mol. The summed E-state index contributed by atoms with van der Waals surface area (Å²) in [5, 5.41) is 21.6. The molecule has 2 fully saturated rings. The monoisotopic (exact) mass is 281 g/mol. The number of hydrogen-bond acceptors (Lipinski definition) is 6. The smallest absolute Gasteiger partial charge is 0.258 e. The fourth-order valence-corrected chi connectivity index (χ4v) is 3.86. The molecule has 8 heteroatoms. The zero-order valence-electron chi connectivity index (χ0n) is 9.89. The lowest BCUT2D eigenvalue weighted by Gasteiger charge is -2.06. The van der Waals surface area contributed by atoms with Crippen LogP contribution in [-0.2, 0) is 0 Å². The molecule has 19 heavy (non-hydrogen) atoms. The topological polar surface area (TPSA) is 89.3 Å². The molecule has 0 aromatic heterocycles. The molecule has 0 radical (unpaired) electrons. The lowest BCUT2D eigenvalue weighted by Crippen LogP contribution is -1.99. The van der Waals surface area contributed by atoms with E-state index in [-0.39, 0.29) is 11.4 Å². The molecular formula is C11H11N3O4S. The molecule has 2 atom stereocenters. The van der Waals surface area contributed by atoms with E-state index in [4.69, 9.17) is 0 Å². The summed E-state index contributed by atoms with van der Waals surface area (Å²) in [6.07, 6.45) is 3.49. The Labute approximate surface area is 113 Å². The Balaban J connectivity index is 1.84. The fourth-order valence-electron chi connectivity index (χ4n) is 2.57. The van der Waals surface area contributed by atoms with Crippen LogP contribution >= 0.6 is 11.9 Å². The van der Waals surface area contributed by atoms with Gasteiger partial charge >= 0.3 is 0 Å². The van der Waals surface area contributed by atoms with Crippen molar-refractivity contribution >= 4 is 23.3 Å². The lowest BCUT2D eigenvalue weighted by atomic mass is 10.3. The van der Waals surface area contributed by atoms with Crippen LogP contribution in [0.15, 0.2) is 23.1 Å². The number of non-ortho nitro benzene ring substituents is 1. The van der Waals surface area contributed by atoms with Crippen molar-refractivity contribution in [1.29, 1.82) is 0 Å². The van der Waals surface area contributed by atoms with Gasteiger partial charge in [0.2, 0.25) is 0 Å². The molecule has 1 aromatic carbocycles. The van der Waals surface area contributed by atoms with Crippen molar-refractivity contribution in [3.05, 3.63) is 38.4 Å². The van der Waals surface area contributed by atoms with Gasteiger partial charge in [-0.2, -0.15) is 0 Å². The van der Waals surface area contributed by atoms with Crippen molar-refractivity contribution in [3.8, 4) is 0 Å². The largest absolute Gasteiger partial charge is 0.291 e. The highest BCUT2D eigenvalue weighted by atomic mass is 32.2. The Hall–Kier alpha value is -1.67. The fraction of sp³-hybridized carbons (Fsp3) is 0.455. The van der Waals surface area contributed by atoms with E-state index in [0.29, 0.717) is 17.0 Å². The number of fused-ring (bicyclic) bond motifs is 1. The van der Waals surface area contributed by atoms with Crippen LogP contribution in [0.4, 0.5) is 11.4 Å². The Morgan fingerprint density at radius 2 is 1.84 bits per heavy atom. The molecule has 1 aliphatic heterocycles. The number of benzene rings is 1. The van der Waals surface area contributed by atoms with Crippen molar-refractivity contribution in [2.75, 3.05) is 0 Å². The lowest BCUT2D eigenvalue weighted by molar-refractivity contribution is -0.396. The maximum Gasteiger partial charge on any atom is 0.291 e. The molecule has 7 nitrogen and oxygen atoms in total.